The third kappa shape index (κ3) is 7.07. The zero-order valence-corrected chi connectivity index (χ0v) is 7.98. The normalized spacial score (nSPS) is 10.5. The lowest BCUT2D eigenvalue weighted by Crippen LogP contribution is -2.26. The molecule has 1 N–H and O–H groups in total. The van der Waals surface area contributed by atoms with Crippen LogP contribution in [0.4, 0.5) is 0 Å². The topological polar surface area (TPSA) is 52.9 Å². The van der Waals surface area contributed by atoms with Gasteiger partial charge in [-0.1, -0.05) is 20.8 Å². The van der Waals surface area contributed by atoms with Gasteiger partial charge in [-0.25, -0.2) is 0 Å². The van der Waals surface area contributed by atoms with E-state index in [1.807, 2.05) is 0 Å². The molecule has 0 radical (unpaired) electrons. The molecule has 0 aliphatic rings. The standard InChI is InChI=1S/C9H16N2O/c1-9(2,3)5-7-11-8(12)4-6-10/h4-5,7H2,1-3H3,(H,11,12). The maximum Gasteiger partial charge on any atom is 0.234 e. The van der Waals surface area contributed by atoms with E-state index in [4.69, 9.17) is 5.26 Å². The van der Waals surface area contributed by atoms with Crippen molar-refractivity contribution in [1.82, 2.24) is 5.32 Å². The number of hydrogen-bond acceptors (Lipinski definition) is 2. The van der Waals surface area contributed by atoms with Gasteiger partial charge in [0, 0.05) is 6.54 Å². The van der Waals surface area contributed by atoms with Crippen LogP contribution in [0, 0.1) is 16.7 Å². The highest BCUT2D eigenvalue weighted by Gasteiger charge is 2.09. The van der Waals surface area contributed by atoms with E-state index in [1.165, 1.54) is 0 Å². The molecule has 0 unspecified atom stereocenters. The minimum Gasteiger partial charge on any atom is -0.355 e. The van der Waals surface area contributed by atoms with E-state index in [0.29, 0.717) is 6.54 Å². The van der Waals surface area contributed by atoms with Gasteiger partial charge in [0.2, 0.25) is 5.91 Å². The molecule has 0 heterocycles. The van der Waals surface area contributed by atoms with Gasteiger partial charge in [-0.05, 0) is 11.8 Å². The Kier molecular flexibility index (Phi) is 4.35. The summed E-state index contributed by atoms with van der Waals surface area (Å²) in [6, 6.07) is 1.80. The SMILES string of the molecule is CC(C)(C)CCNC(=O)CC#N. The number of rotatable bonds is 3. The van der Waals surface area contributed by atoms with E-state index < -0.39 is 0 Å². The van der Waals surface area contributed by atoms with Crippen LogP contribution in [0.15, 0.2) is 0 Å². The summed E-state index contributed by atoms with van der Waals surface area (Å²) < 4.78 is 0. The van der Waals surface area contributed by atoms with Crippen molar-refractivity contribution < 1.29 is 4.79 Å². The van der Waals surface area contributed by atoms with Crippen LogP contribution in [0.3, 0.4) is 0 Å². The summed E-state index contributed by atoms with van der Waals surface area (Å²) >= 11 is 0. The van der Waals surface area contributed by atoms with Crippen LogP contribution in [0.1, 0.15) is 33.6 Å². The molecule has 0 saturated heterocycles. The lowest BCUT2D eigenvalue weighted by molar-refractivity contribution is -0.120. The van der Waals surface area contributed by atoms with Crippen molar-refractivity contribution in [3.05, 3.63) is 0 Å². The van der Waals surface area contributed by atoms with Crippen LogP contribution in [0.2, 0.25) is 0 Å². The predicted molar refractivity (Wildman–Crippen MR) is 47.3 cm³/mol. The summed E-state index contributed by atoms with van der Waals surface area (Å²) in [5, 5.41) is 10.9. The number of amides is 1. The Balaban J connectivity index is 3.45. The highest BCUT2D eigenvalue weighted by Crippen LogP contribution is 2.16. The lowest BCUT2D eigenvalue weighted by atomic mass is 9.92. The van der Waals surface area contributed by atoms with E-state index in [-0.39, 0.29) is 17.7 Å². The Morgan fingerprint density at radius 2 is 2.08 bits per heavy atom. The van der Waals surface area contributed by atoms with Gasteiger partial charge in [-0.2, -0.15) is 5.26 Å². The minimum absolute atomic E-state index is 0.0376. The van der Waals surface area contributed by atoms with Gasteiger partial charge < -0.3 is 5.32 Å². The van der Waals surface area contributed by atoms with E-state index in [2.05, 4.69) is 26.1 Å². The fraction of sp³-hybridized carbons (Fsp3) is 0.778. The summed E-state index contributed by atoms with van der Waals surface area (Å²) in [5.74, 6) is -0.179. The van der Waals surface area contributed by atoms with E-state index >= 15 is 0 Å². The summed E-state index contributed by atoms with van der Waals surface area (Å²) in [6.45, 7) is 7.00. The molecule has 0 aromatic carbocycles. The van der Waals surface area contributed by atoms with Crippen molar-refractivity contribution in [2.45, 2.75) is 33.6 Å². The molecule has 0 atom stereocenters. The first kappa shape index (κ1) is 11.0. The van der Waals surface area contributed by atoms with Gasteiger partial charge in [0.05, 0.1) is 6.07 Å². The molecule has 1 amide bonds. The maximum atomic E-state index is 10.8. The Morgan fingerprint density at radius 3 is 2.50 bits per heavy atom. The summed E-state index contributed by atoms with van der Waals surface area (Å²) in [5.41, 5.74) is 0.236. The average Bonchev–Trinajstić information content (AvgIpc) is 1.84. The first-order chi connectivity index (χ1) is 5.45. The van der Waals surface area contributed by atoms with Gasteiger partial charge in [-0.15, -0.1) is 0 Å². The third-order valence-corrected chi connectivity index (χ3v) is 1.44. The van der Waals surface area contributed by atoms with E-state index in [0.717, 1.165) is 6.42 Å². The molecule has 0 saturated carbocycles. The molecule has 0 spiro atoms. The molecular formula is C9H16N2O. The highest BCUT2D eigenvalue weighted by molar-refractivity contribution is 5.77. The smallest absolute Gasteiger partial charge is 0.234 e. The van der Waals surface area contributed by atoms with Crippen LogP contribution < -0.4 is 5.32 Å². The zero-order chi connectivity index (χ0) is 9.61. The monoisotopic (exact) mass is 168 g/mol. The molecule has 3 heteroatoms. The van der Waals surface area contributed by atoms with Gasteiger partial charge >= 0.3 is 0 Å². The van der Waals surface area contributed by atoms with Crippen molar-refractivity contribution in [3.63, 3.8) is 0 Å². The molecule has 68 valence electrons. The second-order valence-corrected chi connectivity index (χ2v) is 4.00. The fourth-order valence-electron chi connectivity index (χ4n) is 0.711. The first-order valence-electron chi connectivity index (χ1n) is 4.09. The van der Waals surface area contributed by atoms with E-state index in [1.54, 1.807) is 6.07 Å². The molecule has 0 rings (SSSR count). The third-order valence-electron chi connectivity index (χ3n) is 1.44. The van der Waals surface area contributed by atoms with Gasteiger partial charge in [0.15, 0.2) is 0 Å². The summed E-state index contributed by atoms with van der Waals surface area (Å²) in [7, 11) is 0. The number of nitrogens with zero attached hydrogens (tertiary/aromatic N) is 1. The number of nitrogens with one attached hydrogen (secondary N) is 1. The molecule has 0 bridgehead atoms. The van der Waals surface area contributed by atoms with Gasteiger partial charge in [-0.3, -0.25) is 4.79 Å². The molecule has 0 aromatic heterocycles. The van der Waals surface area contributed by atoms with Crippen molar-refractivity contribution in [1.29, 1.82) is 5.26 Å². The molecule has 0 aliphatic heterocycles. The van der Waals surface area contributed by atoms with Crippen molar-refractivity contribution in [2.24, 2.45) is 5.41 Å². The van der Waals surface area contributed by atoms with Crippen LogP contribution >= 0.6 is 0 Å². The summed E-state index contributed by atoms with van der Waals surface area (Å²) in [6.07, 6.45) is 0.897. The number of nitriles is 1. The molecule has 0 fully saturated rings. The summed E-state index contributed by atoms with van der Waals surface area (Å²) in [4.78, 5) is 10.8. The number of carbonyl (C=O) groups excluding carboxylic acids is 1. The molecule has 12 heavy (non-hydrogen) atoms. The average molecular weight is 168 g/mol. The minimum atomic E-state index is -0.179. The molecule has 0 aromatic rings. The molecule has 3 nitrogen and oxygen atoms in total. The van der Waals surface area contributed by atoms with Crippen LogP contribution in [0.5, 0.6) is 0 Å². The quantitative estimate of drug-likeness (QED) is 0.693. The predicted octanol–water partition coefficient (Wildman–Crippen LogP) is 1.45. The van der Waals surface area contributed by atoms with Crippen molar-refractivity contribution >= 4 is 5.91 Å². The van der Waals surface area contributed by atoms with Crippen LogP contribution in [-0.2, 0) is 4.79 Å². The largest absolute Gasteiger partial charge is 0.355 e. The Morgan fingerprint density at radius 1 is 1.50 bits per heavy atom. The Hall–Kier alpha value is -1.04. The van der Waals surface area contributed by atoms with Gasteiger partial charge in [0.25, 0.3) is 0 Å². The second-order valence-electron chi connectivity index (χ2n) is 4.00. The van der Waals surface area contributed by atoms with Crippen LogP contribution in [-0.4, -0.2) is 12.5 Å². The first-order valence-corrected chi connectivity index (χ1v) is 4.09. The zero-order valence-electron chi connectivity index (χ0n) is 7.98. The van der Waals surface area contributed by atoms with Gasteiger partial charge in [0.1, 0.15) is 6.42 Å². The Bertz CT molecular complexity index is 186. The lowest BCUT2D eigenvalue weighted by Gasteiger charge is -2.17. The van der Waals surface area contributed by atoms with Crippen molar-refractivity contribution in [2.75, 3.05) is 6.54 Å². The molecule has 0 aliphatic carbocycles. The molecular weight excluding hydrogens is 152 g/mol. The highest BCUT2D eigenvalue weighted by atomic mass is 16.1. The van der Waals surface area contributed by atoms with E-state index in [9.17, 15) is 4.79 Å². The number of carbonyl (C=O) groups is 1. The fourth-order valence-corrected chi connectivity index (χ4v) is 0.711. The van der Waals surface area contributed by atoms with Crippen molar-refractivity contribution in [3.8, 4) is 6.07 Å². The second kappa shape index (κ2) is 4.76. The maximum absolute atomic E-state index is 10.8. The Labute approximate surface area is 73.8 Å². The van der Waals surface area contributed by atoms with Crippen LogP contribution in [0.25, 0.3) is 0 Å². The number of hydrogen-bond donors (Lipinski definition) is 1.